The van der Waals surface area contributed by atoms with E-state index in [1.165, 1.54) is 0 Å². The van der Waals surface area contributed by atoms with Crippen LogP contribution in [0.2, 0.25) is 0 Å². The van der Waals surface area contributed by atoms with Crippen molar-refractivity contribution in [2.24, 2.45) is 0 Å². The zero-order valence-electron chi connectivity index (χ0n) is 14.3. The smallest absolute Gasteiger partial charge is 0.339 e. The van der Waals surface area contributed by atoms with E-state index in [-0.39, 0.29) is 6.61 Å². The number of ether oxygens (including phenoxy) is 1. The van der Waals surface area contributed by atoms with E-state index in [0.29, 0.717) is 39.0 Å². The van der Waals surface area contributed by atoms with Gasteiger partial charge in [-0.3, -0.25) is 0 Å². The Labute approximate surface area is 155 Å². The molecule has 2 heterocycles. The predicted octanol–water partition coefficient (Wildman–Crippen LogP) is 4.72. The van der Waals surface area contributed by atoms with Crippen molar-refractivity contribution in [3.8, 4) is 17.5 Å². The monoisotopic (exact) mass is 354 g/mol. The van der Waals surface area contributed by atoms with Crippen molar-refractivity contribution in [1.82, 2.24) is 4.98 Å². The molecule has 0 atom stereocenters. The number of hydrogen-bond donors (Lipinski definition) is 0. The molecule has 0 N–H and O–H groups in total. The Morgan fingerprint density at radius 3 is 2.70 bits per heavy atom. The number of pyridine rings is 1. The van der Waals surface area contributed by atoms with Crippen molar-refractivity contribution in [3.05, 3.63) is 89.7 Å². The standard InChI is InChI=1S/C22H14N2O3/c23-13-15-6-1-2-7-16(15)14-27-22(25)18-12-20(21-10-5-11-26-21)24-19-9-4-3-8-17(18)19/h1-12H,14H2. The van der Waals surface area contributed by atoms with Crippen LogP contribution in [0.3, 0.4) is 0 Å². The highest BCUT2D eigenvalue weighted by Crippen LogP contribution is 2.26. The molecule has 0 radical (unpaired) electrons. The van der Waals surface area contributed by atoms with E-state index in [0.717, 1.165) is 0 Å². The molecule has 0 unspecified atom stereocenters. The highest BCUT2D eigenvalue weighted by molar-refractivity contribution is 6.04. The minimum absolute atomic E-state index is 0.0231. The molecule has 0 spiro atoms. The number of hydrogen-bond acceptors (Lipinski definition) is 5. The lowest BCUT2D eigenvalue weighted by Crippen LogP contribution is -2.08. The van der Waals surface area contributed by atoms with Gasteiger partial charge in [0.2, 0.25) is 0 Å². The number of carbonyl (C=O) groups excluding carboxylic acids is 1. The number of aromatic nitrogens is 1. The number of nitriles is 1. The summed E-state index contributed by atoms with van der Waals surface area (Å²) in [5.41, 5.74) is 2.79. The lowest BCUT2D eigenvalue weighted by Gasteiger charge is -2.10. The van der Waals surface area contributed by atoms with Crippen LogP contribution in [0, 0.1) is 11.3 Å². The van der Waals surface area contributed by atoms with Gasteiger partial charge in [0.1, 0.15) is 12.3 Å². The SMILES string of the molecule is N#Cc1ccccc1COC(=O)c1cc(-c2ccco2)nc2ccccc12. The summed E-state index contributed by atoms with van der Waals surface area (Å²) < 4.78 is 10.9. The molecule has 5 heteroatoms. The van der Waals surface area contributed by atoms with Gasteiger partial charge < -0.3 is 9.15 Å². The van der Waals surface area contributed by atoms with Gasteiger partial charge in [0.15, 0.2) is 5.76 Å². The third-order valence-electron chi connectivity index (χ3n) is 4.21. The van der Waals surface area contributed by atoms with Gasteiger partial charge in [-0.15, -0.1) is 0 Å². The first-order valence-corrected chi connectivity index (χ1v) is 8.35. The molecule has 4 rings (SSSR count). The van der Waals surface area contributed by atoms with Crippen molar-refractivity contribution in [2.45, 2.75) is 6.61 Å². The van der Waals surface area contributed by atoms with E-state index >= 15 is 0 Å². The minimum atomic E-state index is -0.478. The van der Waals surface area contributed by atoms with Gasteiger partial charge >= 0.3 is 5.97 Å². The molecule has 130 valence electrons. The molecule has 0 bridgehead atoms. The van der Waals surface area contributed by atoms with Crippen LogP contribution in [0.15, 0.2) is 77.4 Å². The van der Waals surface area contributed by atoms with Crippen LogP contribution in [0.1, 0.15) is 21.5 Å². The Bertz CT molecular complexity index is 1160. The third kappa shape index (κ3) is 3.29. The van der Waals surface area contributed by atoms with E-state index in [1.54, 1.807) is 48.7 Å². The molecule has 0 saturated carbocycles. The van der Waals surface area contributed by atoms with E-state index in [1.807, 2.05) is 24.3 Å². The number of rotatable bonds is 4. The molecule has 0 aliphatic carbocycles. The van der Waals surface area contributed by atoms with Gasteiger partial charge in [0.25, 0.3) is 0 Å². The summed E-state index contributed by atoms with van der Waals surface area (Å²) >= 11 is 0. The second kappa shape index (κ2) is 7.14. The second-order valence-corrected chi connectivity index (χ2v) is 5.89. The van der Waals surface area contributed by atoms with Gasteiger partial charge in [-0.1, -0.05) is 36.4 Å². The number of furan rings is 1. The van der Waals surface area contributed by atoms with Crippen LogP contribution < -0.4 is 0 Å². The zero-order chi connectivity index (χ0) is 18.6. The van der Waals surface area contributed by atoms with Crippen LogP contribution in [0.5, 0.6) is 0 Å². The molecule has 0 amide bonds. The lowest BCUT2D eigenvalue weighted by molar-refractivity contribution is 0.0475. The van der Waals surface area contributed by atoms with Gasteiger partial charge in [-0.25, -0.2) is 9.78 Å². The Balaban J connectivity index is 1.70. The van der Waals surface area contributed by atoms with Crippen LogP contribution in [0.4, 0.5) is 0 Å². The molecule has 2 aromatic heterocycles. The average molecular weight is 354 g/mol. The van der Waals surface area contributed by atoms with Gasteiger partial charge in [0, 0.05) is 10.9 Å². The van der Waals surface area contributed by atoms with Crippen LogP contribution in [0.25, 0.3) is 22.4 Å². The van der Waals surface area contributed by atoms with Crippen LogP contribution in [-0.2, 0) is 11.3 Å². The van der Waals surface area contributed by atoms with Gasteiger partial charge in [-0.05, 0) is 30.3 Å². The van der Waals surface area contributed by atoms with E-state index < -0.39 is 5.97 Å². The second-order valence-electron chi connectivity index (χ2n) is 5.89. The Hall–Kier alpha value is -3.91. The van der Waals surface area contributed by atoms with Crippen molar-refractivity contribution in [2.75, 3.05) is 0 Å². The lowest BCUT2D eigenvalue weighted by atomic mass is 10.1. The van der Waals surface area contributed by atoms with Gasteiger partial charge in [-0.2, -0.15) is 5.26 Å². The first kappa shape index (κ1) is 16.6. The number of carbonyl (C=O) groups is 1. The number of benzene rings is 2. The summed E-state index contributed by atoms with van der Waals surface area (Å²) in [7, 11) is 0. The van der Waals surface area contributed by atoms with Crippen molar-refractivity contribution in [1.29, 1.82) is 5.26 Å². The third-order valence-corrected chi connectivity index (χ3v) is 4.21. The molecule has 0 aliphatic rings. The highest BCUT2D eigenvalue weighted by atomic mass is 16.5. The average Bonchev–Trinajstić information content (AvgIpc) is 3.26. The molecule has 0 aliphatic heterocycles. The molecule has 0 saturated heterocycles. The number of fused-ring (bicyclic) bond motifs is 1. The highest BCUT2D eigenvalue weighted by Gasteiger charge is 2.16. The Morgan fingerprint density at radius 2 is 1.89 bits per heavy atom. The summed E-state index contributed by atoms with van der Waals surface area (Å²) in [5, 5.41) is 9.88. The summed E-state index contributed by atoms with van der Waals surface area (Å²) in [6.07, 6.45) is 1.56. The fourth-order valence-corrected chi connectivity index (χ4v) is 2.87. The van der Waals surface area contributed by atoms with Crippen molar-refractivity contribution < 1.29 is 13.9 Å². The van der Waals surface area contributed by atoms with E-state index in [2.05, 4.69) is 11.1 Å². The van der Waals surface area contributed by atoms with E-state index in [9.17, 15) is 10.1 Å². The summed E-state index contributed by atoms with van der Waals surface area (Å²) in [5.74, 6) is 0.0961. The molecule has 27 heavy (non-hydrogen) atoms. The Morgan fingerprint density at radius 1 is 1.07 bits per heavy atom. The molecule has 5 nitrogen and oxygen atoms in total. The molecule has 0 fully saturated rings. The summed E-state index contributed by atoms with van der Waals surface area (Å²) in [6, 6.07) is 21.7. The number of nitrogens with zero attached hydrogens (tertiary/aromatic N) is 2. The van der Waals surface area contributed by atoms with Crippen LogP contribution >= 0.6 is 0 Å². The molecule has 4 aromatic rings. The fourth-order valence-electron chi connectivity index (χ4n) is 2.87. The molecular formula is C22H14N2O3. The van der Waals surface area contributed by atoms with Gasteiger partial charge in [0.05, 0.1) is 29.0 Å². The zero-order valence-corrected chi connectivity index (χ0v) is 14.3. The maximum atomic E-state index is 12.8. The number of esters is 1. The van der Waals surface area contributed by atoms with Crippen molar-refractivity contribution in [3.63, 3.8) is 0 Å². The summed E-state index contributed by atoms with van der Waals surface area (Å²) in [6.45, 7) is 0.0231. The topological polar surface area (TPSA) is 76.1 Å². The first-order valence-electron chi connectivity index (χ1n) is 8.35. The maximum Gasteiger partial charge on any atom is 0.339 e. The normalized spacial score (nSPS) is 10.5. The van der Waals surface area contributed by atoms with E-state index in [4.69, 9.17) is 9.15 Å². The first-order chi connectivity index (χ1) is 13.3. The van der Waals surface area contributed by atoms with Crippen molar-refractivity contribution >= 4 is 16.9 Å². The summed E-state index contributed by atoms with van der Waals surface area (Å²) in [4.78, 5) is 17.4. The van der Waals surface area contributed by atoms with Crippen LogP contribution in [-0.4, -0.2) is 11.0 Å². The molecular weight excluding hydrogens is 340 g/mol. The largest absolute Gasteiger partial charge is 0.463 e. The number of para-hydroxylation sites is 1. The Kier molecular flexibility index (Phi) is 4.38. The predicted molar refractivity (Wildman–Crippen MR) is 99.7 cm³/mol. The molecule has 2 aromatic carbocycles. The minimum Gasteiger partial charge on any atom is -0.463 e. The maximum absolute atomic E-state index is 12.8. The quantitative estimate of drug-likeness (QED) is 0.496. The fraction of sp³-hybridized carbons (Fsp3) is 0.0455.